The zero-order valence-corrected chi connectivity index (χ0v) is 15.6. The summed E-state index contributed by atoms with van der Waals surface area (Å²) in [5.74, 6) is 1.26. The predicted octanol–water partition coefficient (Wildman–Crippen LogP) is 5.30. The maximum Gasteiger partial charge on any atom is 0.261 e. The molecule has 2 aromatic carbocycles. The van der Waals surface area contributed by atoms with E-state index in [1.165, 1.54) is 0 Å². The van der Waals surface area contributed by atoms with Gasteiger partial charge in [-0.2, -0.15) is 0 Å². The monoisotopic (exact) mass is 401 g/mol. The molecule has 1 fully saturated rings. The molecule has 0 radical (unpaired) electrons. The Bertz CT molecular complexity index is 739. The Kier molecular flexibility index (Phi) is 5.82. The SMILES string of the molecule is O=C(COc1ccc(Cl)cc1Cl)N1CCSC1c1ccc(Cl)cc1. The van der Waals surface area contributed by atoms with Gasteiger partial charge in [-0.05, 0) is 35.9 Å². The number of hydrogen-bond acceptors (Lipinski definition) is 3. The number of rotatable bonds is 4. The van der Waals surface area contributed by atoms with Crippen molar-refractivity contribution in [1.29, 1.82) is 0 Å². The average Bonchev–Trinajstić information content (AvgIpc) is 3.04. The molecule has 0 aliphatic carbocycles. The summed E-state index contributed by atoms with van der Waals surface area (Å²) in [6.07, 6.45) is 0. The van der Waals surface area contributed by atoms with E-state index in [9.17, 15) is 4.79 Å². The largest absolute Gasteiger partial charge is 0.482 e. The molecule has 1 unspecified atom stereocenters. The van der Waals surface area contributed by atoms with E-state index in [-0.39, 0.29) is 17.9 Å². The van der Waals surface area contributed by atoms with Gasteiger partial charge in [-0.1, -0.05) is 46.9 Å². The van der Waals surface area contributed by atoms with Gasteiger partial charge >= 0.3 is 0 Å². The van der Waals surface area contributed by atoms with Crippen molar-refractivity contribution in [2.75, 3.05) is 18.9 Å². The Morgan fingerprint density at radius 1 is 1.12 bits per heavy atom. The van der Waals surface area contributed by atoms with Crippen LogP contribution in [-0.2, 0) is 4.79 Å². The zero-order chi connectivity index (χ0) is 17.1. The highest BCUT2D eigenvalue weighted by Gasteiger charge is 2.30. The van der Waals surface area contributed by atoms with Crippen LogP contribution in [0.5, 0.6) is 5.75 Å². The fourth-order valence-corrected chi connectivity index (χ4v) is 4.31. The molecule has 1 saturated heterocycles. The smallest absolute Gasteiger partial charge is 0.261 e. The predicted molar refractivity (Wildman–Crippen MR) is 100 cm³/mol. The Hall–Kier alpha value is -1.07. The van der Waals surface area contributed by atoms with Gasteiger partial charge in [-0.25, -0.2) is 0 Å². The van der Waals surface area contributed by atoms with Gasteiger partial charge in [-0.15, -0.1) is 11.8 Å². The lowest BCUT2D eigenvalue weighted by molar-refractivity contribution is -0.133. The first-order valence-electron chi connectivity index (χ1n) is 7.29. The molecule has 126 valence electrons. The molecule has 1 aliphatic heterocycles. The van der Waals surface area contributed by atoms with Crippen LogP contribution in [-0.4, -0.2) is 29.7 Å². The number of benzene rings is 2. The van der Waals surface area contributed by atoms with Gasteiger partial charge in [0.05, 0.1) is 5.02 Å². The molecule has 1 atom stereocenters. The topological polar surface area (TPSA) is 29.5 Å². The Morgan fingerprint density at radius 3 is 2.54 bits per heavy atom. The number of carbonyl (C=O) groups excluding carboxylic acids is 1. The molecule has 0 saturated carbocycles. The second kappa shape index (κ2) is 7.87. The lowest BCUT2D eigenvalue weighted by Gasteiger charge is -2.24. The minimum Gasteiger partial charge on any atom is -0.482 e. The van der Waals surface area contributed by atoms with Crippen LogP contribution in [0, 0.1) is 0 Å². The van der Waals surface area contributed by atoms with Gasteiger partial charge in [0, 0.05) is 22.3 Å². The van der Waals surface area contributed by atoms with E-state index >= 15 is 0 Å². The minimum atomic E-state index is -0.0778. The number of thioether (sulfide) groups is 1. The summed E-state index contributed by atoms with van der Waals surface area (Å²) in [6.45, 7) is 0.626. The molecule has 0 aromatic heterocycles. The zero-order valence-electron chi connectivity index (χ0n) is 12.5. The van der Waals surface area contributed by atoms with Crippen LogP contribution < -0.4 is 4.74 Å². The first kappa shape index (κ1) is 17.7. The quantitative estimate of drug-likeness (QED) is 0.695. The van der Waals surface area contributed by atoms with Crippen molar-refractivity contribution in [2.24, 2.45) is 0 Å². The van der Waals surface area contributed by atoms with Crippen molar-refractivity contribution < 1.29 is 9.53 Å². The Morgan fingerprint density at radius 2 is 1.83 bits per heavy atom. The van der Waals surface area contributed by atoms with Crippen LogP contribution in [0.1, 0.15) is 10.9 Å². The molecule has 24 heavy (non-hydrogen) atoms. The fourth-order valence-electron chi connectivity index (χ4n) is 2.44. The summed E-state index contributed by atoms with van der Waals surface area (Å²) in [6, 6.07) is 12.5. The molecule has 1 aliphatic rings. The first-order valence-corrected chi connectivity index (χ1v) is 9.47. The van der Waals surface area contributed by atoms with Gasteiger partial charge in [0.2, 0.25) is 0 Å². The highest BCUT2D eigenvalue weighted by atomic mass is 35.5. The molecule has 1 heterocycles. The molecular formula is C17H14Cl3NO2S. The number of nitrogens with zero attached hydrogens (tertiary/aromatic N) is 1. The maximum absolute atomic E-state index is 12.5. The normalized spacial score (nSPS) is 17.1. The number of halogens is 3. The van der Waals surface area contributed by atoms with Crippen LogP contribution in [0.2, 0.25) is 15.1 Å². The van der Waals surface area contributed by atoms with Crippen LogP contribution in [0.3, 0.4) is 0 Å². The lowest BCUT2D eigenvalue weighted by Crippen LogP contribution is -2.34. The van der Waals surface area contributed by atoms with E-state index in [1.807, 2.05) is 29.2 Å². The third kappa shape index (κ3) is 4.12. The molecule has 3 rings (SSSR count). The van der Waals surface area contributed by atoms with E-state index in [2.05, 4.69) is 0 Å². The summed E-state index contributed by atoms with van der Waals surface area (Å²) in [5.41, 5.74) is 1.06. The summed E-state index contributed by atoms with van der Waals surface area (Å²) in [4.78, 5) is 14.4. The average molecular weight is 403 g/mol. The van der Waals surface area contributed by atoms with Crippen LogP contribution in [0.15, 0.2) is 42.5 Å². The third-order valence-corrected chi connectivity index (χ3v) is 5.65. The molecular weight excluding hydrogens is 389 g/mol. The molecule has 3 nitrogen and oxygen atoms in total. The highest BCUT2D eigenvalue weighted by molar-refractivity contribution is 7.99. The van der Waals surface area contributed by atoms with Gasteiger partial charge in [-0.3, -0.25) is 4.79 Å². The van der Waals surface area contributed by atoms with E-state index < -0.39 is 0 Å². The standard InChI is InChI=1S/C17H14Cl3NO2S/c18-12-3-1-11(2-4-12)17-21(7-8-24-17)16(22)10-23-15-6-5-13(19)9-14(15)20/h1-6,9,17H,7-8,10H2. The van der Waals surface area contributed by atoms with E-state index in [0.29, 0.717) is 27.4 Å². The Labute approximate surface area is 159 Å². The number of ether oxygens (including phenoxy) is 1. The van der Waals surface area contributed by atoms with Crippen molar-refractivity contribution >= 4 is 52.5 Å². The summed E-state index contributed by atoms with van der Waals surface area (Å²) < 4.78 is 5.56. The molecule has 1 amide bonds. The van der Waals surface area contributed by atoms with Crippen molar-refractivity contribution in [1.82, 2.24) is 4.90 Å². The highest BCUT2D eigenvalue weighted by Crippen LogP contribution is 2.38. The van der Waals surface area contributed by atoms with Crippen molar-refractivity contribution in [2.45, 2.75) is 5.37 Å². The van der Waals surface area contributed by atoms with E-state index in [0.717, 1.165) is 11.3 Å². The van der Waals surface area contributed by atoms with Gasteiger partial charge in [0.25, 0.3) is 5.91 Å². The summed E-state index contributed by atoms with van der Waals surface area (Å²) in [7, 11) is 0. The Balaban J connectivity index is 1.66. The fraction of sp³-hybridized carbons (Fsp3) is 0.235. The number of amides is 1. The lowest BCUT2D eigenvalue weighted by atomic mass is 10.2. The van der Waals surface area contributed by atoms with Crippen LogP contribution >= 0.6 is 46.6 Å². The summed E-state index contributed by atoms with van der Waals surface area (Å²) >= 11 is 19.6. The summed E-state index contributed by atoms with van der Waals surface area (Å²) in [5, 5.41) is 1.58. The second-order valence-corrected chi connectivity index (χ2v) is 7.69. The van der Waals surface area contributed by atoms with Gasteiger partial charge in [0.1, 0.15) is 11.1 Å². The molecule has 0 spiro atoms. The van der Waals surface area contributed by atoms with Crippen molar-refractivity contribution in [3.8, 4) is 5.75 Å². The number of carbonyl (C=O) groups is 1. The van der Waals surface area contributed by atoms with Crippen LogP contribution in [0.25, 0.3) is 0 Å². The maximum atomic E-state index is 12.5. The molecule has 0 bridgehead atoms. The molecule has 0 N–H and O–H groups in total. The van der Waals surface area contributed by atoms with Crippen molar-refractivity contribution in [3.05, 3.63) is 63.1 Å². The molecule has 7 heteroatoms. The second-order valence-electron chi connectivity index (χ2n) is 5.23. The van der Waals surface area contributed by atoms with E-state index in [1.54, 1.807) is 30.0 Å². The van der Waals surface area contributed by atoms with Crippen molar-refractivity contribution in [3.63, 3.8) is 0 Å². The van der Waals surface area contributed by atoms with Crippen LogP contribution in [0.4, 0.5) is 0 Å². The number of hydrogen-bond donors (Lipinski definition) is 0. The minimum absolute atomic E-state index is 0.0148. The van der Waals surface area contributed by atoms with Gasteiger partial charge < -0.3 is 9.64 Å². The molecule has 2 aromatic rings. The van der Waals surface area contributed by atoms with E-state index in [4.69, 9.17) is 39.5 Å². The third-order valence-electron chi connectivity index (χ3n) is 3.61. The van der Waals surface area contributed by atoms with Gasteiger partial charge in [0.15, 0.2) is 6.61 Å². The first-order chi connectivity index (χ1) is 11.5.